The van der Waals surface area contributed by atoms with Gasteiger partial charge in [0.15, 0.2) is 0 Å². The minimum absolute atomic E-state index is 0.108. The highest BCUT2D eigenvalue weighted by Gasteiger charge is 2.23. The maximum atomic E-state index is 13.0. The van der Waals surface area contributed by atoms with Crippen LogP contribution in [-0.4, -0.2) is 46.9 Å². The standard InChI is InChI=1S/C19H18BrN3OS/c20-18-6-5-14(25-18)13-22-9-11-23(12-10-22)19(24)16-7-8-21-17-4-2-1-3-15(16)17/h1-8H,9-13H2. The molecule has 1 amide bonds. The summed E-state index contributed by atoms with van der Waals surface area (Å²) < 4.78 is 1.17. The number of carbonyl (C=O) groups is 1. The summed E-state index contributed by atoms with van der Waals surface area (Å²) in [5.41, 5.74) is 1.62. The Morgan fingerprint density at radius 3 is 2.64 bits per heavy atom. The van der Waals surface area contributed by atoms with Crippen molar-refractivity contribution in [3.63, 3.8) is 0 Å². The molecule has 128 valence electrons. The number of thiophene rings is 1. The van der Waals surface area contributed by atoms with Crippen molar-refractivity contribution in [2.45, 2.75) is 6.54 Å². The fourth-order valence-corrected chi connectivity index (χ4v) is 4.74. The molecule has 4 nitrogen and oxygen atoms in total. The lowest BCUT2D eigenvalue weighted by atomic mass is 10.1. The number of carbonyl (C=O) groups excluding carboxylic acids is 1. The number of halogens is 1. The molecule has 1 aliphatic heterocycles. The molecule has 0 N–H and O–H groups in total. The van der Waals surface area contributed by atoms with Crippen molar-refractivity contribution in [3.8, 4) is 0 Å². The van der Waals surface area contributed by atoms with Crippen molar-refractivity contribution in [1.29, 1.82) is 0 Å². The van der Waals surface area contributed by atoms with Crippen LogP contribution in [0.15, 0.2) is 52.4 Å². The summed E-state index contributed by atoms with van der Waals surface area (Å²) in [7, 11) is 0. The number of aromatic nitrogens is 1. The van der Waals surface area contributed by atoms with Crippen LogP contribution in [0.3, 0.4) is 0 Å². The summed E-state index contributed by atoms with van der Waals surface area (Å²) in [6, 6.07) is 13.9. The third kappa shape index (κ3) is 3.61. The first-order valence-electron chi connectivity index (χ1n) is 8.30. The summed E-state index contributed by atoms with van der Waals surface area (Å²) in [5.74, 6) is 0.108. The van der Waals surface area contributed by atoms with Gasteiger partial charge in [-0.3, -0.25) is 14.7 Å². The van der Waals surface area contributed by atoms with Crippen molar-refractivity contribution < 1.29 is 4.79 Å². The Bertz CT molecular complexity index is 897. The van der Waals surface area contributed by atoms with Crippen LogP contribution in [0.2, 0.25) is 0 Å². The molecule has 0 saturated carbocycles. The van der Waals surface area contributed by atoms with E-state index in [4.69, 9.17) is 0 Å². The number of hydrogen-bond acceptors (Lipinski definition) is 4. The molecule has 25 heavy (non-hydrogen) atoms. The molecule has 2 aromatic heterocycles. The summed E-state index contributed by atoms with van der Waals surface area (Å²) in [6.07, 6.45) is 1.72. The number of fused-ring (bicyclic) bond motifs is 1. The second-order valence-electron chi connectivity index (χ2n) is 6.15. The molecule has 1 aromatic carbocycles. The highest BCUT2D eigenvalue weighted by molar-refractivity contribution is 9.11. The second kappa shape index (κ2) is 7.23. The monoisotopic (exact) mass is 415 g/mol. The van der Waals surface area contributed by atoms with Crippen molar-refractivity contribution in [3.05, 3.63) is 62.9 Å². The molecule has 0 unspecified atom stereocenters. The zero-order valence-corrected chi connectivity index (χ0v) is 16.1. The number of pyridine rings is 1. The zero-order valence-electron chi connectivity index (χ0n) is 13.7. The van der Waals surface area contributed by atoms with E-state index in [0.717, 1.165) is 49.2 Å². The molecule has 3 aromatic rings. The van der Waals surface area contributed by atoms with Gasteiger partial charge in [-0.15, -0.1) is 11.3 Å². The number of hydrogen-bond donors (Lipinski definition) is 0. The Balaban J connectivity index is 1.44. The summed E-state index contributed by atoms with van der Waals surface area (Å²) in [6.45, 7) is 4.30. The van der Waals surface area contributed by atoms with Gasteiger partial charge in [0, 0.05) is 49.2 Å². The fourth-order valence-electron chi connectivity index (χ4n) is 3.22. The maximum absolute atomic E-state index is 13.0. The van der Waals surface area contributed by atoms with E-state index in [1.165, 1.54) is 8.66 Å². The SMILES string of the molecule is O=C(c1ccnc2ccccc12)N1CCN(Cc2ccc(Br)s2)CC1. The van der Waals surface area contributed by atoms with Crippen molar-refractivity contribution >= 4 is 44.1 Å². The number of rotatable bonds is 3. The molecule has 0 aliphatic carbocycles. The Morgan fingerprint density at radius 1 is 1.08 bits per heavy atom. The summed E-state index contributed by atoms with van der Waals surface area (Å²) in [5, 5.41) is 0.931. The molecule has 0 atom stereocenters. The van der Waals surface area contributed by atoms with Crippen LogP contribution in [0.5, 0.6) is 0 Å². The first-order chi connectivity index (χ1) is 12.2. The van der Waals surface area contributed by atoms with Gasteiger partial charge in [-0.1, -0.05) is 18.2 Å². The molecule has 0 bridgehead atoms. The minimum Gasteiger partial charge on any atom is -0.336 e. The fraction of sp³-hybridized carbons (Fsp3) is 0.263. The van der Waals surface area contributed by atoms with E-state index in [-0.39, 0.29) is 5.91 Å². The van der Waals surface area contributed by atoms with Gasteiger partial charge in [0.05, 0.1) is 14.9 Å². The number of amides is 1. The summed E-state index contributed by atoms with van der Waals surface area (Å²) in [4.78, 5) is 23.0. The minimum atomic E-state index is 0.108. The van der Waals surface area contributed by atoms with E-state index in [1.54, 1.807) is 17.5 Å². The van der Waals surface area contributed by atoms with Gasteiger partial charge in [-0.25, -0.2) is 0 Å². The van der Waals surface area contributed by atoms with Gasteiger partial charge >= 0.3 is 0 Å². The average molecular weight is 416 g/mol. The van der Waals surface area contributed by atoms with Crippen LogP contribution in [0.4, 0.5) is 0 Å². The number of benzene rings is 1. The summed E-state index contributed by atoms with van der Waals surface area (Å²) >= 11 is 5.29. The van der Waals surface area contributed by atoms with Gasteiger partial charge in [0.25, 0.3) is 5.91 Å². The Hall–Kier alpha value is -1.76. The topological polar surface area (TPSA) is 36.4 Å². The lowest BCUT2D eigenvalue weighted by Gasteiger charge is -2.34. The van der Waals surface area contributed by atoms with E-state index < -0.39 is 0 Å². The Kier molecular flexibility index (Phi) is 4.83. The van der Waals surface area contributed by atoms with Gasteiger partial charge in [0.2, 0.25) is 0 Å². The molecule has 1 saturated heterocycles. The third-order valence-corrected chi connectivity index (χ3v) is 6.16. The third-order valence-electron chi connectivity index (χ3n) is 4.55. The van der Waals surface area contributed by atoms with E-state index in [9.17, 15) is 4.79 Å². The predicted molar refractivity (Wildman–Crippen MR) is 105 cm³/mol. The van der Waals surface area contributed by atoms with Crippen molar-refractivity contribution in [2.75, 3.05) is 26.2 Å². The average Bonchev–Trinajstić information content (AvgIpc) is 3.06. The molecular formula is C19H18BrN3OS. The quantitative estimate of drug-likeness (QED) is 0.647. The normalized spacial score (nSPS) is 15.6. The molecule has 1 aliphatic rings. The zero-order chi connectivity index (χ0) is 17.2. The van der Waals surface area contributed by atoms with Crippen LogP contribution in [-0.2, 0) is 6.54 Å². The number of nitrogens with zero attached hydrogens (tertiary/aromatic N) is 3. The Morgan fingerprint density at radius 2 is 1.88 bits per heavy atom. The van der Waals surface area contributed by atoms with E-state index >= 15 is 0 Å². The second-order valence-corrected chi connectivity index (χ2v) is 8.70. The van der Waals surface area contributed by atoms with Crippen LogP contribution >= 0.6 is 27.3 Å². The van der Waals surface area contributed by atoms with Gasteiger partial charge in [0.1, 0.15) is 0 Å². The highest BCUT2D eigenvalue weighted by atomic mass is 79.9. The van der Waals surface area contributed by atoms with Gasteiger partial charge in [-0.2, -0.15) is 0 Å². The molecule has 4 rings (SSSR count). The highest BCUT2D eigenvalue weighted by Crippen LogP contribution is 2.24. The smallest absolute Gasteiger partial charge is 0.254 e. The molecule has 3 heterocycles. The molecule has 6 heteroatoms. The van der Waals surface area contributed by atoms with Gasteiger partial charge < -0.3 is 4.90 Å². The molecule has 0 radical (unpaired) electrons. The lowest BCUT2D eigenvalue weighted by Crippen LogP contribution is -2.48. The molecule has 0 spiro atoms. The largest absolute Gasteiger partial charge is 0.336 e. The maximum Gasteiger partial charge on any atom is 0.254 e. The van der Waals surface area contributed by atoms with Crippen molar-refractivity contribution in [2.24, 2.45) is 0 Å². The Labute approximate surface area is 159 Å². The van der Waals surface area contributed by atoms with E-state index in [0.29, 0.717) is 0 Å². The van der Waals surface area contributed by atoms with Crippen molar-refractivity contribution in [1.82, 2.24) is 14.8 Å². The molecular weight excluding hydrogens is 398 g/mol. The first-order valence-corrected chi connectivity index (χ1v) is 9.91. The lowest BCUT2D eigenvalue weighted by molar-refractivity contribution is 0.0631. The predicted octanol–water partition coefficient (Wildman–Crippen LogP) is 4.02. The van der Waals surface area contributed by atoms with Crippen LogP contribution in [0, 0.1) is 0 Å². The molecule has 1 fully saturated rings. The number of piperazine rings is 1. The van der Waals surface area contributed by atoms with E-state index in [2.05, 4.69) is 37.9 Å². The van der Waals surface area contributed by atoms with Crippen LogP contribution in [0.25, 0.3) is 10.9 Å². The van der Waals surface area contributed by atoms with Crippen LogP contribution < -0.4 is 0 Å². The van der Waals surface area contributed by atoms with E-state index in [1.807, 2.05) is 35.2 Å². The van der Waals surface area contributed by atoms with Gasteiger partial charge in [-0.05, 0) is 40.2 Å². The first kappa shape index (κ1) is 16.7. The number of para-hydroxylation sites is 1. The van der Waals surface area contributed by atoms with Crippen LogP contribution in [0.1, 0.15) is 15.2 Å².